The normalized spacial score (nSPS) is 12.5. The number of hydrogen-bond acceptors (Lipinski definition) is 6. The van der Waals surface area contributed by atoms with Crippen molar-refractivity contribution in [2.45, 2.75) is 13.5 Å². The van der Waals surface area contributed by atoms with Crippen molar-refractivity contribution in [2.75, 3.05) is 19.8 Å². The second-order valence-corrected chi connectivity index (χ2v) is 6.37. The minimum absolute atomic E-state index is 0.0578. The van der Waals surface area contributed by atoms with Crippen LogP contribution in [0.5, 0.6) is 17.2 Å². The maximum atomic E-state index is 12.0. The van der Waals surface area contributed by atoms with Gasteiger partial charge in [0.2, 0.25) is 0 Å². The number of carbonyl (C=O) groups is 1. The minimum atomic E-state index is -0.230. The average molecular weight is 380 g/mol. The molecule has 7 nitrogen and oxygen atoms in total. The number of aryl methyl sites for hydroxylation is 1. The number of nitrogens with one attached hydrogen (secondary N) is 1. The van der Waals surface area contributed by atoms with Crippen molar-refractivity contribution in [1.82, 2.24) is 10.5 Å². The van der Waals surface area contributed by atoms with Crippen molar-refractivity contribution in [3.8, 4) is 28.6 Å². The Kier molecular flexibility index (Phi) is 5.14. The Balaban J connectivity index is 1.32. The van der Waals surface area contributed by atoms with E-state index in [1.165, 1.54) is 0 Å². The molecule has 1 N–H and O–H groups in total. The summed E-state index contributed by atoms with van der Waals surface area (Å²) in [5.74, 6) is 2.46. The third kappa shape index (κ3) is 4.09. The van der Waals surface area contributed by atoms with Gasteiger partial charge in [0.05, 0.1) is 6.54 Å². The summed E-state index contributed by atoms with van der Waals surface area (Å²) in [6.07, 6.45) is 0. The molecule has 0 bridgehead atoms. The molecule has 0 spiro atoms. The molecular formula is C21H20N2O5. The number of carbonyl (C=O) groups excluding carboxylic acids is 1. The van der Waals surface area contributed by atoms with Crippen LogP contribution in [0.25, 0.3) is 11.3 Å². The summed E-state index contributed by atoms with van der Waals surface area (Å²) in [5.41, 5.74) is 2.43. The molecule has 2 heterocycles. The van der Waals surface area contributed by atoms with Gasteiger partial charge in [-0.15, -0.1) is 0 Å². The molecule has 1 aromatic heterocycles. The molecule has 0 saturated carbocycles. The molecule has 28 heavy (non-hydrogen) atoms. The van der Waals surface area contributed by atoms with Gasteiger partial charge in [-0.2, -0.15) is 0 Å². The first kappa shape index (κ1) is 17.9. The predicted molar refractivity (Wildman–Crippen MR) is 101 cm³/mol. The number of benzene rings is 2. The summed E-state index contributed by atoms with van der Waals surface area (Å²) < 4.78 is 22.0. The monoisotopic (exact) mass is 380 g/mol. The van der Waals surface area contributed by atoms with Crippen LogP contribution in [0.3, 0.4) is 0 Å². The molecule has 0 fully saturated rings. The van der Waals surface area contributed by atoms with Crippen LogP contribution in [0.15, 0.2) is 53.1 Å². The molecule has 0 saturated heterocycles. The fraction of sp³-hybridized carbons (Fsp3) is 0.238. The zero-order valence-electron chi connectivity index (χ0n) is 15.4. The van der Waals surface area contributed by atoms with Crippen LogP contribution in [-0.2, 0) is 11.3 Å². The number of nitrogens with zero attached hydrogens (tertiary/aromatic N) is 1. The fourth-order valence-electron chi connectivity index (χ4n) is 2.83. The standard InChI is InChI=1S/C21H20N2O5/c1-14-4-2-3-5-17(14)27-13-21(24)22-12-16-11-19(28-23-16)15-6-7-18-20(10-15)26-9-8-25-18/h2-7,10-11H,8-9,12-13H2,1H3,(H,22,24). The van der Waals surface area contributed by atoms with Crippen LogP contribution in [0, 0.1) is 6.92 Å². The molecule has 1 aliphatic rings. The molecule has 0 aliphatic carbocycles. The Hall–Kier alpha value is -3.48. The molecule has 4 rings (SSSR count). The summed E-state index contributed by atoms with van der Waals surface area (Å²) >= 11 is 0. The van der Waals surface area contributed by atoms with Crippen molar-refractivity contribution in [3.05, 3.63) is 59.8 Å². The van der Waals surface area contributed by atoms with Gasteiger partial charge >= 0.3 is 0 Å². The van der Waals surface area contributed by atoms with Crippen LogP contribution >= 0.6 is 0 Å². The molecule has 0 radical (unpaired) electrons. The largest absolute Gasteiger partial charge is 0.486 e. The summed E-state index contributed by atoms with van der Waals surface area (Å²) in [6, 6.07) is 14.9. The molecule has 144 valence electrons. The number of rotatable bonds is 6. The van der Waals surface area contributed by atoms with Gasteiger partial charge in [-0.1, -0.05) is 23.4 Å². The van der Waals surface area contributed by atoms with E-state index in [9.17, 15) is 4.79 Å². The van der Waals surface area contributed by atoms with Crippen molar-refractivity contribution >= 4 is 5.91 Å². The molecule has 0 unspecified atom stereocenters. The van der Waals surface area contributed by atoms with Crippen molar-refractivity contribution in [2.24, 2.45) is 0 Å². The van der Waals surface area contributed by atoms with E-state index < -0.39 is 0 Å². The maximum absolute atomic E-state index is 12.0. The van der Waals surface area contributed by atoms with Gasteiger partial charge in [0.15, 0.2) is 23.9 Å². The van der Waals surface area contributed by atoms with E-state index in [0.717, 1.165) is 16.9 Å². The Morgan fingerprint density at radius 2 is 1.93 bits per heavy atom. The van der Waals surface area contributed by atoms with Crippen molar-refractivity contribution in [3.63, 3.8) is 0 Å². The van der Waals surface area contributed by atoms with Gasteiger partial charge in [0.25, 0.3) is 5.91 Å². The first-order valence-corrected chi connectivity index (χ1v) is 9.00. The lowest BCUT2D eigenvalue weighted by Gasteiger charge is -2.18. The lowest BCUT2D eigenvalue weighted by Crippen LogP contribution is -2.28. The predicted octanol–water partition coefficient (Wildman–Crippen LogP) is 3.12. The molecule has 7 heteroatoms. The topological polar surface area (TPSA) is 82.8 Å². The summed E-state index contributed by atoms with van der Waals surface area (Å²) in [7, 11) is 0. The molecule has 1 amide bonds. The second-order valence-electron chi connectivity index (χ2n) is 6.37. The van der Waals surface area contributed by atoms with Gasteiger partial charge in [-0.05, 0) is 36.8 Å². The summed E-state index contributed by atoms with van der Waals surface area (Å²) in [4.78, 5) is 12.0. The third-order valence-corrected chi connectivity index (χ3v) is 4.30. The fourth-order valence-corrected chi connectivity index (χ4v) is 2.83. The highest BCUT2D eigenvalue weighted by molar-refractivity contribution is 5.77. The van der Waals surface area contributed by atoms with Crippen molar-refractivity contribution < 1.29 is 23.5 Å². The van der Waals surface area contributed by atoms with Crippen LogP contribution in [0.4, 0.5) is 0 Å². The van der Waals surface area contributed by atoms with E-state index in [1.54, 1.807) is 6.07 Å². The highest BCUT2D eigenvalue weighted by Crippen LogP contribution is 2.34. The van der Waals surface area contributed by atoms with Crippen LogP contribution in [0.2, 0.25) is 0 Å². The Labute approximate surface area is 162 Å². The maximum Gasteiger partial charge on any atom is 0.258 e. The number of para-hydroxylation sites is 1. The Bertz CT molecular complexity index is 982. The zero-order valence-corrected chi connectivity index (χ0v) is 15.4. The van der Waals surface area contributed by atoms with E-state index in [2.05, 4.69) is 10.5 Å². The molecule has 1 aliphatic heterocycles. The van der Waals surface area contributed by atoms with E-state index in [1.807, 2.05) is 49.4 Å². The van der Waals surface area contributed by atoms with Crippen molar-refractivity contribution in [1.29, 1.82) is 0 Å². The number of hydrogen-bond donors (Lipinski definition) is 1. The first-order chi connectivity index (χ1) is 13.7. The lowest BCUT2D eigenvalue weighted by atomic mass is 10.1. The zero-order chi connectivity index (χ0) is 19.3. The SMILES string of the molecule is Cc1ccccc1OCC(=O)NCc1cc(-c2ccc3c(c2)OCCO3)on1. The lowest BCUT2D eigenvalue weighted by molar-refractivity contribution is -0.123. The first-order valence-electron chi connectivity index (χ1n) is 9.00. The molecule has 2 aromatic carbocycles. The number of fused-ring (bicyclic) bond motifs is 1. The molecular weight excluding hydrogens is 360 g/mol. The molecule has 3 aromatic rings. The van der Waals surface area contributed by atoms with Crippen LogP contribution < -0.4 is 19.5 Å². The Morgan fingerprint density at radius 3 is 2.79 bits per heavy atom. The highest BCUT2D eigenvalue weighted by Gasteiger charge is 2.15. The van der Waals surface area contributed by atoms with Gasteiger partial charge in [0.1, 0.15) is 24.7 Å². The number of aromatic nitrogens is 1. The number of amides is 1. The van der Waals surface area contributed by atoms with E-state index in [4.69, 9.17) is 18.7 Å². The van der Waals surface area contributed by atoms with E-state index >= 15 is 0 Å². The minimum Gasteiger partial charge on any atom is -0.486 e. The quantitative estimate of drug-likeness (QED) is 0.708. The summed E-state index contributed by atoms with van der Waals surface area (Å²) in [6.45, 7) is 3.20. The van der Waals surface area contributed by atoms with Gasteiger partial charge in [-0.25, -0.2) is 0 Å². The highest BCUT2D eigenvalue weighted by atomic mass is 16.6. The third-order valence-electron chi connectivity index (χ3n) is 4.30. The van der Waals surface area contributed by atoms with Crippen LogP contribution in [-0.4, -0.2) is 30.9 Å². The smallest absolute Gasteiger partial charge is 0.258 e. The van der Waals surface area contributed by atoms with Crippen LogP contribution in [0.1, 0.15) is 11.3 Å². The number of ether oxygens (including phenoxy) is 3. The summed E-state index contributed by atoms with van der Waals surface area (Å²) in [5, 5.41) is 6.78. The average Bonchev–Trinajstić information content (AvgIpc) is 3.20. The van der Waals surface area contributed by atoms with E-state index in [0.29, 0.717) is 36.2 Å². The Morgan fingerprint density at radius 1 is 1.11 bits per heavy atom. The van der Waals surface area contributed by atoms with Gasteiger partial charge in [-0.3, -0.25) is 4.79 Å². The van der Waals surface area contributed by atoms with Gasteiger partial charge in [0, 0.05) is 11.6 Å². The molecule has 0 atom stereocenters. The van der Waals surface area contributed by atoms with E-state index in [-0.39, 0.29) is 19.1 Å². The van der Waals surface area contributed by atoms with Gasteiger partial charge < -0.3 is 24.1 Å². The second kappa shape index (κ2) is 8.04.